The van der Waals surface area contributed by atoms with Gasteiger partial charge in [-0.15, -0.1) is 0 Å². The van der Waals surface area contributed by atoms with E-state index in [0.29, 0.717) is 5.92 Å². The van der Waals surface area contributed by atoms with E-state index in [1.807, 2.05) is 30.3 Å². The largest absolute Gasteiger partial charge is 0.381 e. The molecule has 0 radical (unpaired) electrons. The van der Waals surface area contributed by atoms with Crippen LogP contribution in [0.5, 0.6) is 0 Å². The smallest absolute Gasteiger partial charge is 0.141 e. The van der Waals surface area contributed by atoms with Gasteiger partial charge in [-0.3, -0.25) is 0 Å². The fraction of sp³-hybridized carbons (Fsp3) is 0.167. The Kier molecular flexibility index (Phi) is 5.76. The molecule has 4 nitrogen and oxygen atoms in total. The van der Waals surface area contributed by atoms with Crippen molar-refractivity contribution < 1.29 is 0 Å². The maximum atomic E-state index is 4.45. The van der Waals surface area contributed by atoms with Gasteiger partial charge in [0.2, 0.25) is 0 Å². The molecule has 146 valence electrons. The van der Waals surface area contributed by atoms with Crippen molar-refractivity contribution in [3.63, 3.8) is 0 Å². The minimum Gasteiger partial charge on any atom is -0.381 e. The molecule has 5 heteroatoms. The summed E-state index contributed by atoms with van der Waals surface area (Å²) in [5.74, 6) is 1.34. The molecule has 0 aliphatic carbocycles. The topological polar surface area (TPSA) is 49.8 Å². The van der Waals surface area contributed by atoms with E-state index >= 15 is 0 Å². The third kappa shape index (κ3) is 4.74. The molecule has 0 amide bonds. The van der Waals surface area contributed by atoms with Crippen molar-refractivity contribution >= 4 is 44.0 Å². The number of hydrogen-bond donors (Lipinski definition) is 2. The van der Waals surface area contributed by atoms with E-state index in [-0.39, 0.29) is 0 Å². The Morgan fingerprint density at radius 1 is 0.897 bits per heavy atom. The van der Waals surface area contributed by atoms with E-state index in [1.165, 1.54) is 11.1 Å². The van der Waals surface area contributed by atoms with Gasteiger partial charge < -0.3 is 10.6 Å². The number of fused-ring (bicyclic) bond motifs is 1. The van der Waals surface area contributed by atoms with E-state index in [0.717, 1.165) is 39.1 Å². The van der Waals surface area contributed by atoms with Crippen LogP contribution in [0.25, 0.3) is 10.9 Å². The van der Waals surface area contributed by atoms with Gasteiger partial charge in [0.25, 0.3) is 0 Å². The molecule has 3 aromatic carbocycles. The Labute approximate surface area is 179 Å². The van der Waals surface area contributed by atoms with Gasteiger partial charge in [0.15, 0.2) is 0 Å². The van der Waals surface area contributed by atoms with Crippen LogP contribution in [0, 0.1) is 0 Å². The van der Waals surface area contributed by atoms with E-state index in [2.05, 4.69) is 86.8 Å². The molecule has 4 rings (SSSR count). The molecule has 1 aromatic heterocycles. The summed E-state index contributed by atoms with van der Waals surface area (Å²) in [4.78, 5) is 8.85. The molecule has 0 spiro atoms. The number of benzene rings is 3. The second-order valence-electron chi connectivity index (χ2n) is 7.34. The summed E-state index contributed by atoms with van der Waals surface area (Å²) in [5, 5.41) is 7.89. The molecule has 0 bridgehead atoms. The second kappa shape index (κ2) is 8.62. The number of halogens is 1. The minimum atomic E-state index is 0.550. The lowest BCUT2D eigenvalue weighted by Gasteiger charge is -2.12. The van der Waals surface area contributed by atoms with Crippen molar-refractivity contribution in [1.29, 1.82) is 0 Å². The molecular formula is C24H23BrN4. The van der Waals surface area contributed by atoms with Gasteiger partial charge in [-0.25, -0.2) is 9.97 Å². The third-order valence-electron chi connectivity index (χ3n) is 4.87. The fourth-order valence-corrected chi connectivity index (χ4v) is 3.59. The molecule has 0 saturated carbocycles. The first-order chi connectivity index (χ1) is 14.1. The average molecular weight is 447 g/mol. The second-order valence-corrected chi connectivity index (χ2v) is 8.26. The predicted molar refractivity (Wildman–Crippen MR) is 125 cm³/mol. The number of aromatic nitrogens is 2. The van der Waals surface area contributed by atoms with Gasteiger partial charge in [-0.1, -0.05) is 60.1 Å². The van der Waals surface area contributed by atoms with Crippen LogP contribution in [0.2, 0.25) is 0 Å². The first-order valence-corrected chi connectivity index (χ1v) is 10.5. The Bertz CT molecular complexity index is 1120. The van der Waals surface area contributed by atoms with Crippen molar-refractivity contribution in [2.24, 2.45) is 0 Å². The highest BCUT2D eigenvalue weighted by Gasteiger charge is 2.06. The van der Waals surface area contributed by atoms with Crippen molar-refractivity contribution in [3.05, 3.63) is 88.7 Å². The Morgan fingerprint density at radius 3 is 2.48 bits per heavy atom. The van der Waals surface area contributed by atoms with E-state index in [1.54, 1.807) is 6.33 Å². The summed E-state index contributed by atoms with van der Waals surface area (Å²) >= 11 is 3.51. The molecule has 0 aliphatic heterocycles. The number of nitrogens with one attached hydrogen (secondary N) is 2. The van der Waals surface area contributed by atoms with Crippen LogP contribution >= 0.6 is 15.9 Å². The molecule has 0 fully saturated rings. The van der Waals surface area contributed by atoms with Crippen LogP contribution in [0.1, 0.15) is 30.9 Å². The van der Waals surface area contributed by atoms with Gasteiger partial charge in [0.1, 0.15) is 12.1 Å². The van der Waals surface area contributed by atoms with Gasteiger partial charge in [-0.2, -0.15) is 0 Å². The van der Waals surface area contributed by atoms with Crippen molar-refractivity contribution in [2.45, 2.75) is 26.3 Å². The van der Waals surface area contributed by atoms with Crippen molar-refractivity contribution in [3.8, 4) is 0 Å². The molecule has 0 unspecified atom stereocenters. The molecule has 1 heterocycles. The van der Waals surface area contributed by atoms with Crippen LogP contribution in [-0.2, 0) is 6.54 Å². The van der Waals surface area contributed by atoms with Crippen LogP contribution in [0.15, 0.2) is 77.5 Å². The van der Waals surface area contributed by atoms with Crippen LogP contribution < -0.4 is 10.6 Å². The number of anilines is 3. The summed E-state index contributed by atoms with van der Waals surface area (Å²) in [5.41, 5.74) is 5.54. The number of rotatable bonds is 6. The van der Waals surface area contributed by atoms with Crippen LogP contribution in [0.4, 0.5) is 17.2 Å². The Balaban J connectivity index is 1.55. The molecule has 2 N–H and O–H groups in total. The highest BCUT2D eigenvalue weighted by molar-refractivity contribution is 9.10. The zero-order valence-electron chi connectivity index (χ0n) is 16.5. The zero-order chi connectivity index (χ0) is 20.2. The monoisotopic (exact) mass is 446 g/mol. The summed E-state index contributed by atoms with van der Waals surface area (Å²) in [6.07, 6.45) is 1.59. The third-order valence-corrected chi connectivity index (χ3v) is 5.36. The maximum absolute atomic E-state index is 4.45. The standard InChI is InChI=1S/C24H23BrN4/c1-16(2)18-8-6-17(7-9-18)14-26-20-10-11-23-22(13-20)24(28-15-27-23)29-21-5-3-4-19(25)12-21/h3-13,15-16,26H,14H2,1-2H3,(H,27,28,29). The van der Waals surface area contributed by atoms with E-state index < -0.39 is 0 Å². The summed E-state index contributed by atoms with van der Waals surface area (Å²) in [7, 11) is 0. The van der Waals surface area contributed by atoms with Crippen LogP contribution in [0.3, 0.4) is 0 Å². The lowest BCUT2D eigenvalue weighted by molar-refractivity contribution is 0.865. The van der Waals surface area contributed by atoms with E-state index in [9.17, 15) is 0 Å². The SMILES string of the molecule is CC(C)c1ccc(CNc2ccc3ncnc(Nc4cccc(Br)c4)c3c2)cc1. The van der Waals surface area contributed by atoms with Gasteiger partial charge in [0, 0.05) is 27.8 Å². The molecule has 29 heavy (non-hydrogen) atoms. The Hall–Kier alpha value is -2.92. The first-order valence-electron chi connectivity index (χ1n) is 9.68. The van der Waals surface area contributed by atoms with Crippen molar-refractivity contribution in [1.82, 2.24) is 9.97 Å². The molecule has 4 aromatic rings. The summed E-state index contributed by atoms with van der Waals surface area (Å²) < 4.78 is 1.02. The highest BCUT2D eigenvalue weighted by atomic mass is 79.9. The number of nitrogens with zero attached hydrogens (tertiary/aromatic N) is 2. The summed E-state index contributed by atoms with van der Waals surface area (Å²) in [6.45, 7) is 5.19. The molecule has 0 atom stereocenters. The first kappa shape index (κ1) is 19.4. The maximum Gasteiger partial charge on any atom is 0.141 e. The molecule has 0 aliphatic rings. The lowest BCUT2D eigenvalue weighted by Crippen LogP contribution is -2.01. The van der Waals surface area contributed by atoms with Gasteiger partial charge in [0.05, 0.1) is 5.52 Å². The summed E-state index contributed by atoms with van der Waals surface area (Å²) in [6, 6.07) is 23.0. The van der Waals surface area contributed by atoms with E-state index in [4.69, 9.17) is 0 Å². The molecular weight excluding hydrogens is 424 g/mol. The minimum absolute atomic E-state index is 0.550. The lowest BCUT2D eigenvalue weighted by atomic mass is 10.0. The highest BCUT2D eigenvalue weighted by Crippen LogP contribution is 2.27. The molecule has 0 saturated heterocycles. The zero-order valence-corrected chi connectivity index (χ0v) is 18.1. The predicted octanol–water partition coefficient (Wildman–Crippen LogP) is 6.87. The number of hydrogen-bond acceptors (Lipinski definition) is 4. The van der Waals surface area contributed by atoms with Crippen molar-refractivity contribution in [2.75, 3.05) is 10.6 Å². The average Bonchev–Trinajstić information content (AvgIpc) is 2.73. The normalized spacial score (nSPS) is 11.0. The Morgan fingerprint density at radius 2 is 1.72 bits per heavy atom. The fourth-order valence-electron chi connectivity index (χ4n) is 3.19. The van der Waals surface area contributed by atoms with Gasteiger partial charge in [-0.05, 0) is 53.4 Å². The van der Waals surface area contributed by atoms with Gasteiger partial charge >= 0.3 is 0 Å². The van der Waals surface area contributed by atoms with Crippen LogP contribution in [-0.4, -0.2) is 9.97 Å². The quantitative estimate of drug-likeness (QED) is 0.339.